The van der Waals surface area contributed by atoms with Gasteiger partial charge in [0.1, 0.15) is 6.61 Å². The third kappa shape index (κ3) is 5.42. The first kappa shape index (κ1) is 25.0. The molecule has 4 aromatic rings. The van der Waals surface area contributed by atoms with Crippen molar-refractivity contribution < 1.29 is 23.0 Å². The molecule has 0 radical (unpaired) electrons. The molecule has 4 aromatic carbocycles. The van der Waals surface area contributed by atoms with Crippen LogP contribution in [0, 0.1) is 11.6 Å². The SMILES string of the molecule is CC(C=COC(c1ccccc1)(c1ccccc1)c1ccccc1)OCC(=O)c1cccc(F)c1F. The van der Waals surface area contributed by atoms with Gasteiger partial charge in [0.05, 0.1) is 17.9 Å². The Morgan fingerprint density at radius 1 is 0.778 bits per heavy atom. The van der Waals surface area contributed by atoms with E-state index in [0.717, 1.165) is 22.8 Å². The van der Waals surface area contributed by atoms with E-state index in [9.17, 15) is 13.6 Å². The highest BCUT2D eigenvalue weighted by Gasteiger charge is 2.37. The van der Waals surface area contributed by atoms with Gasteiger partial charge in [-0.3, -0.25) is 4.79 Å². The van der Waals surface area contributed by atoms with Gasteiger partial charge in [-0.1, -0.05) is 97.1 Å². The highest BCUT2D eigenvalue weighted by atomic mass is 19.2. The molecule has 0 aromatic heterocycles. The van der Waals surface area contributed by atoms with Crippen molar-refractivity contribution in [1.29, 1.82) is 0 Å². The summed E-state index contributed by atoms with van der Waals surface area (Å²) < 4.78 is 39.5. The van der Waals surface area contributed by atoms with Crippen LogP contribution in [0.25, 0.3) is 0 Å². The summed E-state index contributed by atoms with van der Waals surface area (Å²) >= 11 is 0. The summed E-state index contributed by atoms with van der Waals surface area (Å²) in [4.78, 5) is 12.3. The molecule has 0 bridgehead atoms. The lowest BCUT2D eigenvalue weighted by atomic mass is 9.80. The van der Waals surface area contributed by atoms with Crippen molar-refractivity contribution in [2.24, 2.45) is 0 Å². The minimum Gasteiger partial charge on any atom is -0.481 e. The Kier molecular flexibility index (Phi) is 8.03. The van der Waals surface area contributed by atoms with Gasteiger partial charge in [-0.2, -0.15) is 0 Å². The van der Waals surface area contributed by atoms with Gasteiger partial charge in [0.2, 0.25) is 0 Å². The Labute approximate surface area is 209 Å². The molecule has 0 aliphatic rings. The van der Waals surface area contributed by atoms with E-state index in [4.69, 9.17) is 9.47 Å². The van der Waals surface area contributed by atoms with E-state index in [1.807, 2.05) is 91.0 Å². The van der Waals surface area contributed by atoms with Crippen molar-refractivity contribution in [2.75, 3.05) is 6.61 Å². The maximum absolute atomic E-state index is 13.9. The van der Waals surface area contributed by atoms with Crippen LogP contribution in [0.2, 0.25) is 0 Å². The molecule has 0 spiro atoms. The van der Waals surface area contributed by atoms with Gasteiger partial charge < -0.3 is 9.47 Å². The molecular formula is C31H26F2O3. The molecule has 0 amide bonds. The van der Waals surface area contributed by atoms with Crippen LogP contribution in [0.5, 0.6) is 0 Å². The van der Waals surface area contributed by atoms with E-state index < -0.39 is 35.7 Å². The molecule has 0 aliphatic heterocycles. The second-order valence-electron chi connectivity index (χ2n) is 8.27. The fraction of sp³-hybridized carbons (Fsp3) is 0.129. The molecule has 1 atom stereocenters. The normalized spacial score (nSPS) is 12.4. The smallest absolute Gasteiger partial charge is 0.191 e. The minimum atomic E-state index is -1.17. The average Bonchev–Trinajstić information content (AvgIpc) is 2.93. The maximum Gasteiger partial charge on any atom is 0.191 e. The second kappa shape index (κ2) is 11.6. The molecular weight excluding hydrogens is 458 g/mol. The highest BCUT2D eigenvalue weighted by molar-refractivity contribution is 5.97. The number of carbonyl (C=O) groups excluding carboxylic acids is 1. The number of halogens is 2. The maximum atomic E-state index is 13.9. The van der Waals surface area contributed by atoms with Crippen molar-refractivity contribution in [3.8, 4) is 0 Å². The molecule has 5 heteroatoms. The molecule has 0 heterocycles. The lowest BCUT2D eigenvalue weighted by Gasteiger charge is -2.35. The number of ether oxygens (including phenoxy) is 2. The van der Waals surface area contributed by atoms with E-state index in [2.05, 4.69) is 0 Å². The summed E-state index contributed by atoms with van der Waals surface area (Å²) in [6.07, 6.45) is 2.72. The monoisotopic (exact) mass is 484 g/mol. The molecule has 0 N–H and O–H groups in total. The molecule has 4 rings (SSSR count). The summed E-state index contributed by atoms with van der Waals surface area (Å²) in [5.74, 6) is -2.88. The first-order valence-electron chi connectivity index (χ1n) is 11.6. The number of ketones is 1. The Balaban J connectivity index is 1.58. The number of hydrogen-bond donors (Lipinski definition) is 0. The van der Waals surface area contributed by atoms with Gasteiger partial charge in [-0.05, 0) is 25.1 Å². The van der Waals surface area contributed by atoms with E-state index >= 15 is 0 Å². The van der Waals surface area contributed by atoms with E-state index in [1.165, 1.54) is 12.1 Å². The lowest BCUT2D eigenvalue weighted by molar-refractivity contribution is 0.0615. The van der Waals surface area contributed by atoms with Gasteiger partial charge in [0, 0.05) is 16.7 Å². The van der Waals surface area contributed by atoms with Crippen LogP contribution < -0.4 is 0 Å². The number of hydrogen-bond acceptors (Lipinski definition) is 3. The lowest BCUT2D eigenvalue weighted by Crippen LogP contribution is -2.31. The zero-order valence-corrected chi connectivity index (χ0v) is 19.8. The van der Waals surface area contributed by atoms with Crippen molar-refractivity contribution in [1.82, 2.24) is 0 Å². The third-order valence-electron chi connectivity index (χ3n) is 5.86. The van der Waals surface area contributed by atoms with E-state index in [0.29, 0.717) is 0 Å². The van der Waals surface area contributed by atoms with Crippen molar-refractivity contribution >= 4 is 5.78 Å². The molecule has 0 saturated carbocycles. The Morgan fingerprint density at radius 2 is 1.28 bits per heavy atom. The zero-order chi connectivity index (χ0) is 25.4. The van der Waals surface area contributed by atoms with Crippen LogP contribution >= 0.6 is 0 Å². The fourth-order valence-corrected chi connectivity index (χ4v) is 4.03. The van der Waals surface area contributed by atoms with Crippen LogP contribution in [0.15, 0.2) is 122 Å². The molecule has 182 valence electrons. The number of Topliss-reactive ketones (excluding diaryl/α,β-unsaturated/α-hetero) is 1. The molecule has 0 aliphatic carbocycles. The Bertz CT molecular complexity index is 1210. The molecule has 1 unspecified atom stereocenters. The third-order valence-corrected chi connectivity index (χ3v) is 5.86. The standard InChI is InChI=1S/C31H26F2O3/c1-23(35-22-29(34)27-18-11-19-28(32)30(27)33)20-21-36-31(24-12-5-2-6-13-24,25-14-7-3-8-15-25)26-16-9-4-10-17-26/h2-21,23H,22H2,1H3. The average molecular weight is 485 g/mol. The zero-order valence-electron chi connectivity index (χ0n) is 19.8. The van der Waals surface area contributed by atoms with Crippen LogP contribution in [-0.4, -0.2) is 18.5 Å². The molecule has 0 saturated heterocycles. The minimum absolute atomic E-state index is 0.335. The van der Waals surface area contributed by atoms with Crippen LogP contribution in [0.1, 0.15) is 34.0 Å². The van der Waals surface area contributed by atoms with E-state index in [-0.39, 0.29) is 5.56 Å². The number of benzene rings is 4. The highest BCUT2D eigenvalue weighted by Crippen LogP contribution is 2.40. The molecule has 3 nitrogen and oxygen atoms in total. The molecule has 36 heavy (non-hydrogen) atoms. The molecule has 0 fully saturated rings. The first-order chi connectivity index (χ1) is 17.5. The number of rotatable bonds is 10. The van der Waals surface area contributed by atoms with Gasteiger partial charge in [-0.15, -0.1) is 0 Å². The van der Waals surface area contributed by atoms with Gasteiger partial charge in [-0.25, -0.2) is 8.78 Å². The summed E-state index contributed by atoms with van der Waals surface area (Å²) in [6.45, 7) is 1.34. The van der Waals surface area contributed by atoms with Gasteiger partial charge in [0.15, 0.2) is 23.0 Å². The van der Waals surface area contributed by atoms with Crippen molar-refractivity contribution in [2.45, 2.75) is 18.6 Å². The Morgan fingerprint density at radius 3 is 1.78 bits per heavy atom. The summed E-state index contributed by atoms with van der Waals surface area (Å²) in [6, 6.07) is 33.2. The Hall–Kier alpha value is -4.09. The predicted octanol–water partition coefficient (Wildman–Crippen LogP) is 7.08. The quantitative estimate of drug-likeness (QED) is 0.137. The van der Waals surface area contributed by atoms with Crippen LogP contribution in [-0.2, 0) is 15.1 Å². The van der Waals surface area contributed by atoms with Gasteiger partial charge in [0.25, 0.3) is 0 Å². The van der Waals surface area contributed by atoms with Crippen molar-refractivity contribution in [3.05, 3.63) is 155 Å². The topological polar surface area (TPSA) is 35.5 Å². The summed E-state index contributed by atoms with van der Waals surface area (Å²) in [5, 5.41) is 0. The first-order valence-corrected chi connectivity index (χ1v) is 11.6. The fourth-order valence-electron chi connectivity index (χ4n) is 4.03. The summed E-state index contributed by atoms with van der Waals surface area (Å²) in [7, 11) is 0. The predicted molar refractivity (Wildman–Crippen MR) is 136 cm³/mol. The van der Waals surface area contributed by atoms with Crippen LogP contribution in [0.3, 0.4) is 0 Å². The van der Waals surface area contributed by atoms with Crippen LogP contribution in [0.4, 0.5) is 8.78 Å². The van der Waals surface area contributed by atoms with Crippen molar-refractivity contribution in [3.63, 3.8) is 0 Å². The van der Waals surface area contributed by atoms with Gasteiger partial charge >= 0.3 is 0 Å². The largest absolute Gasteiger partial charge is 0.481 e. The summed E-state index contributed by atoms with van der Waals surface area (Å²) in [5.41, 5.74) is 1.56. The second-order valence-corrected chi connectivity index (χ2v) is 8.27. The van der Waals surface area contributed by atoms with E-state index in [1.54, 1.807) is 19.3 Å². The number of carbonyl (C=O) groups is 1.